The number of likely N-dealkylation sites (N-methyl/N-ethyl adjacent to an activating group) is 1. The van der Waals surface area contributed by atoms with Crippen LogP contribution in [0.15, 0.2) is 78.9 Å². The number of nitrogens with zero attached hydrogens (tertiary/aromatic N) is 1. The van der Waals surface area contributed by atoms with Gasteiger partial charge in [-0.2, -0.15) is 0 Å². The zero-order chi connectivity index (χ0) is 22.1. The summed E-state index contributed by atoms with van der Waals surface area (Å²) in [6.45, 7) is -0.0141. The average Bonchev–Trinajstić information content (AvgIpc) is 2.78. The lowest BCUT2D eigenvalue weighted by atomic mass is 10.1. The van der Waals surface area contributed by atoms with Crippen LogP contribution in [0.25, 0.3) is 0 Å². The summed E-state index contributed by atoms with van der Waals surface area (Å²) in [4.78, 5) is 25.9. The Labute approximate surface area is 187 Å². The molecule has 6 heteroatoms. The van der Waals surface area contributed by atoms with Gasteiger partial charge in [0, 0.05) is 23.9 Å². The van der Waals surface area contributed by atoms with E-state index in [1.165, 1.54) is 4.90 Å². The second kappa shape index (κ2) is 10.9. The summed E-state index contributed by atoms with van der Waals surface area (Å²) in [6.07, 6.45) is 0. The molecule has 2 N–H and O–H groups in total. The number of para-hydroxylation sites is 1. The highest BCUT2D eigenvalue weighted by molar-refractivity contribution is 6.33. The average molecular weight is 432 g/mol. The maximum absolute atomic E-state index is 12.4. The van der Waals surface area contributed by atoms with Crippen molar-refractivity contribution in [2.75, 3.05) is 30.8 Å². The first-order valence-electron chi connectivity index (χ1n) is 9.70. The Balaban J connectivity index is 1.51. The van der Waals surface area contributed by atoms with E-state index in [1.54, 1.807) is 31.3 Å². The van der Waals surface area contributed by atoms with E-state index >= 15 is 0 Å². The van der Waals surface area contributed by atoms with Gasteiger partial charge < -0.3 is 15.5 Å². The number of anilines is 2. The number of carbonyl (C=O) groups excluding carboxylic acids is 2. The van der Waals surface area contributed by atoms with Gasteiger partial charge in [-0.25, -0.2) is 0 Å². The van der Waals surface area contributed by atoms with E-state index in [2.05, 4.69) is 22.5 Å². The Hall–Kier alpha value is -3.75. The largest absolute Gasteiger partial charge is 0.376 e. The lowest BCUT2D eigenvalue weighted by Crippen LogP contribution is -2.38. The van der Waals surface area contributed by atoms with Crippen LogP contribution < -0.4 is 10.6 Å². The van der Waals surface area contributed by atoms with E-state index in [0.717, 1.165) is 16.8 Å². The van der Waals surface area contributed by atoms with E-state index in [1.807, 2.05) is 54.6 Å². The molecule has 0 unspecified atom stereocenters. The summed E-state index contributed by atoms with van der Waals surface area (Å²) in [6, 6.07) is 24.2. The lowest BCUT2D eigenvalue weighted by Gasteiger charge is -2.18. The highest BCUT2D eigenvalue weighted by atomic mass is 35.5. The second-order valence-corrected chi connectivity index (χ2v) is 7.24. The minimum absolute atomic E-state index is 0.0610. The maximum atomic E-state index is 12.4. The van der Waals surface area contributed by atoms with Crippen molar-refractivity contribution in [3.63, 3.8) is 0 Å². The summed E-state index contributed by atoms with van der Waals surface area (Å²) in [5.41, 5.74) is 3.07. The molecule has 2 amide bonds. The smallest absolute Gasteiger partial charge is 0.244 e. The minimum atomic E-state index is -0.317. The highest BCUT2D eigenvalue weighted by Crippen LogP contribution is 2.20. The first kappa shape index (κ1) is 21.9. The number of rotatable bonds is 6. The van der Waals surface area contributed by atoms with Crippen LogP contribution in [0.1, 0.15) is 11.1 Å². The standard InChI is InChI=1S/C25H22ClN3O2/c1-29(18-24(30)28-23-13-6-5-12-22(23)26)25(31)17-27-21-11-7-10-20(16-21)15-14-19-8-3-2-4-9-19/h2-13,16,27H,17-18H2,1H3,(H,28,30). The third-order valence-corrected chi connectivity index (χ3v) is 4.72. The second-order valence-electron chi connectivity index (χ2n) is 6.83. The van der Waals surface area contributed by atoms with Crippen molar-refractivity contribution < 1.29 is 9.59 Å². The van der Waals surface area contributed by atoms with Crippen molar-refractivity contribution in [3.05, 3.63) is 95.0 Å². The number of nitrogens with one attached hydrogen (secondary N) is 2. The molecule has 3 rings (SSSR count). The Bertz CT molecular complexity index is 1120. The van der Waals surface area contributed by atoms with Crippen LogP contribution >= 0.6 is 11.6 Å². The van der Waals surface area contributed by atoms with Gasteiger partial charge in [0.2, 0.25) is 11.8 Å². The van der Waals surface area contributed by atoms with E-state index in [0.29, 0.717) is 10.7 Å². The Morgan fingerprint density at radius 1 is 0.903 bits per heavy atom. The number of carbonyl (C=O) groups is 2. The molecule has 156 valence electrons. The third-order valence-electron chi connectivity index (χ3n) is 4.39. The molecular weight excluding hydrogens is 410 g/mol. The molecule has 0 aliphatic rings. The molecule has 31 heavy (non-hydrogen) atoms. The van der Waals surface area contributed by atoms with E-state index < -0.39 is 0 Å². The van der Waals surface area contributed by atoms with E-state index in [4.69, 9.17) is 11.6 Å². The fraction of sp³-hybridized carbons (Fsp3) is 0.120. The monoisotopic (exact) mass is 431 g/mol. The van der Waals surface area contributed by atoms with Gasteiger partial charge in [-0.05, 0) is 42.5 Å². The van der Waals surface area contributed by atoms with E-state index in [-0.39, 0.29) is 24.9 Å². The number of hydrogen-bond donors (Lipinski definition) is 2. The number of benzene rings is 3. The fourth-order valence-corrected chi connectivity index (χ4v) is 2.92. The van der Waals surface area contributed by atoms with Gasteiger partial charge in [-0.15, -0.1) is 0 Å². The van der Waals surface area contributed by atoms with Gasteiger partial charge in [-0.1, -0.05) is 59.8 Å². The van der Waals surface area contributed by atoms with Crippen LogP contribution in [0.3, 0.4) is 0 Å². The SMILES string of the molecule is CN(CC(=O)Nc1ccccc1Cl)C(=O)CNc1cccc(C#Cc2ccccc2)c1. The topological polar surface area (TPSA) is 61.4 Å². The van der Waals surface area contributed by atoms with Crippen molar-refractivity contribution in [2.45, 2.75) is 0 Å². The van der Waals surface area contributed by atoms with Gasteiger partial charge in [0.05, 0.1) is 23.8 Å². The summed E-state index contributed by atoms with van der Waals surface area (Å²) in [5, 5.41) is 6.23. The van der Waals surface area contributed by atoms with Crippen molar-refractivity contribution in [3.8, 4) is 11.8 Å². The number of hydrogen-bond acceptors (Lipinski definition) is 3. The number of amides is 2. The molecule has 0 saturated carbocycles. The first-order valence-corrected chi connectivity index (χ1v) is 10.1. The van der Waals surface area contributed by atoms with Crippen molar-refractivity contribution in [1.82, 2.24) is 4.90 Å². The van der Waals surface area contributed by atoms with Crippen LogP contribution in [-0.2, 0) is 9.59 Å². The molecule has 0 aliphatic heterocycles. The highest BCUT2D eigenvalue weighted by Gasteiger charge is 2.13. The van der Waals surface area contributed by atoms with Crippen molar-refractivity contribution >= 4 is 34.8 Å². The molecule has 0 bridgehead atoms. The Morgan fingerprint density at radius 2 is 1.58 bits per heavy atom. The molecule has 0 fully saturated rings. The minimum Gasteiger partial charge on any atom is -0.376 e. The molecule has 0 atom stereocenters. The molecular formula is C25H22ClN3O2. The normalized spacial score (nSPS) is 9.87. The predicted octanol–water partition coefficient (Wildman–Crippen LogP) is 4.25. The molecule has 0 radical (unpaired) electrons. The molecule has 5 nitrogen and oxygen atoms in total. The van der Waals surface area contributed by atoms with Crippen molar-refractivity contribution in [2.24, 2.45) is 0 Å². The molecule has 0 aromatic heterocycles. The van der Waals surface area contributed by atoms with Gasteiger partial charge in [0.15, 0.2) is 0 Å². The summed E-state index contributed by atoms with van der Waals surface area (Å²) < 4.78 is 0. The predicted molar refractivity (Wildman–Crippen MR) is 125 cm³/mol. The van der Waals surface area contributed by atoms with Gasteiger partial charge in [-0.3, -0.25) is 9.59 Å². The quantitative estimate of drug-likeness (QED) is 0.573. The zero-order valence-electron chi connectivity index (χ0n) is 17.1. The molecule has 3 aromatic carbocycles. The van der Waals surface area contributed by atoms with Gasteiger partial charge >= 0.3 is 0 Å². The van der Waals surface area contributed by atoms with Crippen molar-refractivity contribution in [1.29, 1.82) is 0 Å². The van der Waals surface area contributed by atoms with Gasteiger partial charge in [0.25, 0.3) is 0 Å². The van der Waals surface area contributed by atoms with Crippen LogP contribution in [0, 0.1) is 11.8 Å². The molecule has 0 spiro atoms. The molecule has 0 aliphatic carbocycles. The van der Waals surface area contributed by atoms with E-state index in [9.17, 15) is 9.59 Å². The lowest BCUT2D eigenvalue weighted by molar-refractivity contribution is -0.131. The molecule has 3 aromatic rings. The summed E-state index contributed by atoms with van der Waals surface area (Å²) in [7, 11) is 1.58. The Morgan fingerprint density at radius 3 is 2.35 bits per heavy atom. The summed E-state index contributed by atoms with van der Waals surface area (Å²) in [5.74, 6) is 5.70. The molecule has 0 heterocycles. The Kier molecular flexibility index (Phi) is 7.69. The van der Waals surface area contributed by atoms with Gasteiger partial charge in [0.1, 0.15) is 0 Å². The van der Waals surface area contributed by atoms with Crippen LogP contribution in [-0.4, -0.2) is 36.9 Å². The van der Waals surface area contributed by atoms with Crippen LogP contribution in [0.4, 0.5) is 11.4 Å². The third kappa shape index (κ3) is 6.91. The molecule has 0 saturated heterocycles. The van der Waals surface area contributed by atoms with Crippen LogP contribution in [0.2, 0.25) is 5.02 Å². The number of halogens is 1. The zero-order valence-corrected chi connectivity index (χ0v) is 17.8. The fourth-order valence-electron chi connectivity index (χ4n) is 2.74. The van der Waals surface area contributed by atoms with Crippen LogP contribution in [0.5, 0.6) is 0 Å². The maximum Gasteiger partial charge on any atom is 0.244 e. The summed E-state index contributed by atoms with van der Waals surface area (Å²) >= 11 is 6.04. The first-order chi connectivity index (χ1) is 15.0.